The van der Waals surface area contributed by atoms with E-state index < -0.39 is 39.0 Å². The van der Waals surface area contributed by atoms with E-state index in [-0.39, 0.29) is 26.1 Å². The van der Waals surface area contributed by atoms with Crippen LogP contribution in [0.4, 0.5) is 0 Å². The lowest BCUT2D eigenvalue weighted by atomic mass is 9.96. The van der Waals surface area contributed by atoms with E-state index in [0.29, 0.717) is 34.7 Å². The maximum absolute atomic E-state index is 12.3. The van der Waals surface area contributed by atoms with Gasteiger partial charge in [0.15, 0.2) is 5.82 Å². The summed E-state index contributed by atoms with van der Waals surface area (Å²) in [6, 6.07) is 4.68. The van der Waals surface area contributed by atoms with Gasteiger partial charge in [-0.05, 0) is 31.5 Å². The van der Waals surface area contributed by atoms with Crippen LogP contribution in [-0.4, -0.2) is 92.1 Å². The van der Waals surface area contributed by atoms with Crippen molar-refractivity contribution < 1.29 is 31.0 Å². The first-order chi connectivity index (χ1) is 19.0. The first-order valence-corrected chi connectivity index (χ1v) is 15.5. The number of morpholine rings is 1. The monoisotopic (exact) mass is 595 g/mol. The number of benzene rings is 1. The molecule has 218 valence electrons. The number of aryl methyl sites for hydroxylation is 1. The predicted molar refractivity (Wildman–Crippen MR) is 146 cm³/mol. The highest BCUT2D eigenvalue weighted by Gasteiger charge is 2.35. The third-order valence-corrected chi connectivity index (χ3v) is 8.50. The molecule has 3 aromatic rings. The molecule has 0 unspecified atom stereocenters. The Bertz CT molecular complexity index is 1480. The number of hydrogen-bond acceptors (Lipinski definition) is 11. The van der Waals surface area contributed by atoms with Gasteiger partial charge in [-0.15, -0.1) is 10.2 Å². The molecule has 0 saturated carbocycles. The van der Waals surface area contributed by atoms with Crippen LogP contribution < -0.4 is 14.2 Å². The molecule has 14 nitrogen and oxygen atoms in total. The lowest BCUT2D eigenvalue weighted by Gasteiger charge is -2.31. The van der Waals surface area contributed by atoms with Gasteiger partial charge in [-0.25, -0.2) is 31.5 Å². The smallest absolute Gasteiger partial charge is 0.211 e. The Hall–Kier alpha value is -3.18. The van der Waals surface area contributed by atoms with Crippen molar-refractivity contribution in [2.24, 2.45) is 0 Å². The highest BCUT2D eigenvalue weighted by molar-refractivity contribution is 7.88. The molecule has 1 aliphatic rings. The van der Waals surface area contributed by atoms with Crippen LogP contribution in [0.25, 0.3) is 5.69 Å². The molecule has 1 aromatic carbocycles. The minimum Gasteiger partial charge on any atom is -0.494 e. The Kier molecular flexibility index (Phi) is 9.35. The third kappa shape index (κ3) is 6.58. The summed E-state index contributed by atoms with van der Waals surface area (Å²) in [5, 5.41) is 8.91. The zero-order valence-corrected chi connectivity index (χ0v) is 24.6. The summed E-state index contributed by atoms with van der Waals surface area (Å²) in [5.74, 6) is 1.54. The van der Waals surface area contributed by atoms with Crippen molar-refractivity contribution in [2.75, 3.05) is 40.2 Å². The van der Waals surface area contributed by atoms with Crippen LogP contribution in [0.15, 0.2) is 30.6 Å². The van der Waals surface area contributed by atoms with Gasteiger partial charge in [-0.3, -0.25) is 4.57 Å². The Morgan fingerprint density at radius 1 is 1.15 bits per heavy atom. The quantitative estimate of drug-likeness (QED) is 0.297. The van der Waals surface area contributed by atoms with E-state index in [1.165, 1.54) is 18.5 Å². The fourth-order valence-electron chi connectivity index (χ4n) is 4.59. The summed E-state index contributed by atoms with van der Waals surface area (Å²) >= 11 is 0. The number of nitrogens with zero attached hydrogens (tertiary/aromatic N) is 6. The van der Waals surface area contributed by atoms with Crippen LogP contribution in [-0.2, 0) is 32.1 Å². The van der Waals surface area contributed by atoms with E-state index >= 15 is 0 Å². The van der Waals surface area contributed by atoms with Crippen molar-refractivity contribution in [1.29, 1.82) is 0 Å². The maximum atomic E-state index is 12.3. The Morgan fingerprint density at radius 3 is 2.38 bits per heavy atom. The molecule has 0 radical (unpaired) electrons. The van der Waals surface area contributed by atoms with Crippen LogP contribution in [0.2, 0.25) is 0 Å². The van der Waals surface area contributed by atoms with Crippen molar-refractivity contribution >= 4 is 20.9 Å². The summed E-state index contributed by atoms with van der Waals surface area (Å²) in [5.41, 5.74) is 1.34. The van der Waals surface area contributed by atoms with Gasteiger partial charge in [-0.1, -0.05) is 6.07 Å². The predicted octanol–water partition coefficient (Wildman–Crippen LogP) is 0.547. The Balaban J connectivity index is 1.88. The number of aromatic nitrogens is 5. The highest BCUT2D eigenvalue weighted by atomic mass is 32.2. The van der Waals surface area contributed by atoms with Crippen molar-refractivity contribution in [3.8, 4) is 17.2 Å². The van der Waals surface area contributed by atoms with Crippen molar-refractivity contribution in [3.05, 3.63) is 53.6 Å². The molecule has 4 rings (SSSR count). The van der Waals surface area contributed by atoms with Gasteiger partial charge in [0.05, 0.1) is 27.1 Å². The fourth-order valence-corrected chi connectivity index (χ4v) is 5.91. The molecule has 1 N–H and O–H groups in total. The largest absolute Gasteiger partial charge is 0.494 e. The molecule has 0 spiro atoms. The maximum Gasteiger partial charge on any atom is 0.211 e. The minimum atomic E-state index is -3.48. The van der Waals surface area contributed by atoms with Crippen molar-refractivity contribution in [2.45, 2.75) is 38.3 Å². The molecule has 1 aliphatic heterocycles. The molecule has 16 heteroatoms. The summed E-state index contributed by atoms with van der Waals surface area (Å²) in [7, 11) is -3.35. The minimum absolute atomic E-state index is 0.0353. The number of methoxy groups -OCH3 is 2. The van der Waals surface area contributed by atoms with Crippen LogP contribution in [0.3, 0.4) is 0 Å². The molecule has 2 aromatic heterocycles. The number of ether oxygens (including phenoxy) is 3. The molecule has 1 saturated heterocycles. The Morgan fingerprint density at radius 2 is 1.80 bits per heavy atom. The Labute approximate surface area is 234 Å². The zero-order valence-electron chi connectivity index (χ0n) is 22.8. The molecular formula is C24H33N7O7S2. The van der Waals surface area contributed by atoms with Gasteiger partial charge in [-0.2, -0.15) is 4.31 Å². The summed E-state index contributed by atoms with van der Waals surface area (Å²) in [6.45, 7) is 4.00. The van der Waals surface area contributed by atoms with Crippen LogP contribution in [0.1, 0.15) is 42.0 Å². The van der Waals surface area contributed by atoms with Gasteiger partial charge in [0.25, 0.3) is 0 Å². The van der Waals surface area contributed by atoms with Gasteiger partial charge in [0, 0.05) is 43.9 Å². The van der Waals surface area contributed by atoms with E-state index in [1.807, 2.05) is 6.92 Å². The van der Waals surface area contributed by atoms with E-state index in [0.717, 1.165) is 11.8 Å². The second-order valence-corrected chi connectivity index (χ2v) is 12.2. The van der Waals surface area contributed by atoms with E-state index in [4.69, 9.17) is 14.2 Å². The lowest BCUT2D eigenvalue weighted by Crippen LogP contribution is -2.42. The van der Waals surface area contributed by atoms with Gasteiger partial charge in [0.2, 0.25) is 20.9 Å². The van der Waals surface area contributed by atoms with Gasteiger partial charge < -0.3 is 14.2 Å². The molecule has 3 atom stereocenters. The first kappa shape index (κ1) is 29.8. The molecule has 1 fully saturated rings. The number of nitrogens with one attached hydrogen (secondary N) is 1. The lowest BCUT2D eigenvalue weighted by molar-refractivity contribution is -0.00838. The number of para-hydroxylation sites is 1. The van der Waals surface area contributed by atoms with Gasteiger partial charge in [0.1, 0.15) is 34.9 Å². The SMILES string of the molecule is COc1cccc(OC)c1-n1c(C[C@@H](c2ncc(C)cn2)[C@@H](C)N[SH](=O)=O)nnc1[C@@H]1CN(S(C)(=O)=O)CCO1. The first-order valence-electron chi connectivity index (χ1n) is 12.4. The number of thiol groups is 1. The highest BCUT2D eigenvalue weighted by Crippen LogP contribution is 2.37. The molecule has 0 aliphatic carbocycles. The topological polar surface area (TPSA) is 168 Å². The molecular weight excluding hydrogens is 562 g/mol. The molecule has 3 heterocycles. The van der Waals surface area contributed by atoms with Crippen molar-refractivity contribution in [3.63, 3.8) is 0 Å². The van der Waals surface area contributed by atoms with E-state index in [1.54, 1.807) is 42.1 Å². The second-order valence-electron chi connectivity index (χ2n) is 9.41. The van der Waals surface area contributed by atoms with Crippen molar-refractivity contribution in [1.82, 2.24) is 33.8 Å². The second kappa shape index (κ2) is 12.6. The van der Waals surface area contributed by atoms with Crippen LogP contribution >= 0.6 is 0 Å². The molecule has 40 heavy (non-hydrogen) atoms. The van der Waals surface area contributed by atoms with E-state index in [9.17, 15) is 16.8 Å². The molecule has 0 bridgehead atoms. The summed E-state index contributed by atoms with van der Waals surface area (Å²) in [4.78, 5) is 8.91. The number of rotatable bonds is 11. The molecule has 0 amide bonds. The van der Waals surface area contributed by atoms with Crippen LogP contribution in [0.5, 0.6) is 11.5 Å². The standard InChI is InChI=1S/C24H33N7O7S2/c1-15-12-25-23(26-13-15)17(16(2)29-39(32)33)11-21-27-28-24(20-14-30(9-10-38-20)40(5,34)35)31(21)22-18(36-3)7-6-8-19(22)37-4/h6-8,12-13,16-17,20,39H,9-11,14H2,1-5H3,(H,29,32,33)/t16-,17-,20+/m1/s1. The number of sulfonamides is 1. The third-order valence-electron chi connectivity index (χ3n) is 6.61. The average Bonchev–Trinajstić information content (AvgIpc) is 3.34. The normalized spacial score (nSPS) is 18.0. The van der Waals surface area contributed by atoms with E-state index in [2.05, 4.69) is 24.9 Å². The zero-order chi connectivity index (χ0) is 29.0. The average molecular weight is 596 g/mol. The van der Waals surface area contributed by atoms with Gasteiger partial charge >= 0.3 is 0 Å². The summed E-state index contributed by atoms with van der Waals surface area (Å²) < 4.78 is 70.7. The summed E-state index contributed by atoms with van der Waals surface area (Å²) in [6.07, 6.45) is 3.88. The number of hydrogen-bond donors (Lipinski definition) is 2. The fraction of sp³-hybridized carbons (Fsp3) is 0.500. The van der Waals surface area contributed by atoms with Crippen LogP contribution in [0, 0.1) is 6.92 Å².